The first-order chi connectivity index (χ1) is 10.8. The van der Waals surface area contributed by atoms with Gasteiger partial charge in [0.2, 0.25) is 0 Å². The van der Waals surface area contributed by atoms with Crippen molar-refractivity contribution in [3.05, 3.63) is 25.0 Å². The third-order valence-corrected chi connectivity index (χ3v) is 5.67. The van der Waals surface area contributed by atoms with Gasteiger partial charge in [0.25, 0.3) is 0 Å². The number of hydrogen-bond acceptors (Lipinski definition) is 2. The minimum Gasteiger partial charge on any atom is -0.501 e. The Morgan fingerprint density at radius 1 is 1.05 bits per heavy atom. The quantitative estimate of drug-likeness (QED) is 0.335. The Bertz CT molecular complexity index is 344. The molecule has 0 heterocycles. The first-order valence-electron chi connectivity index (χ1n) is 9.24. The lowest BCUT2D eigenvalue weighted by molar-refractivity contribution is -0.0750. The van der Waals surface area contributed by atoms with Gasteiger partial charge in [-0.1, -0.05) is 57.1 Å². The van der Waals surface area contributed by atoms with Crippen LogP contribution >= 0.6 is 0 Å². The lowest BCUT2D eigenvalue weighted by Crippen LogP contribution is -2.45. The first kappa shape index (κ1) is 17.6. The van der Waals surface area contributed by atoms with Gasteiger partial charge >= 0.3 is 0 Å². The summed E-state index contributed by atoms with van der Waals surface area (Å²) in [6.07, 6.45) is 18.1. The molecule has 2 atom stereocenters. The van der Waals surface area contributed by atoms with E-state index in [9.17, 15) is 0 Å². The molecule has 126 valence electrons. The third-order valence-electron chi connectivity index (χ3n) is 5.67. The fourth-order valence-corrected chi connectivity index (χ4v) is 4.66. The maximum Gasteiger partial charge on any atom is 0.0954 e. The zero-order valence-electron chi connectivity index (χ0n) is 14.4. The van der Waals surface area contributed by atoms with Crippen molar-refractivity contribution in [3.63, 3.8) is 0 Å². The number of allylic oxidation sites excluding steroid dienone is 1. The Morgan fingerprint density at radius 2 is 1.82 bits per heavy atom. The Balaban J connectivity index is 2.09. The predicted molar refractivity (Wildman–Crippen MR) is 92.7 cm³/mol. The van der Waals surface area contributed by atoms with Crippen LogP contribution in [0.5, 0.6) is 0 Å². The lowest BCUT2D eigenvalue weighted by Gasteiger charge is -2.48. The Labute approximate surface area is 137 Å². The van der Waals surface area contributed by atoms with Gasteiger partial charge in [0, 0.05) is 5.41 Å². The maximum atomic E-state index is 5.96. The minimum atomic E-state index is 0.211. The van der Waals surface area contributed by atoms with E-state index >= 15 is 0 Å². The average molecular weight is 306 g/mol. The number of hydrogen-bond donors (Lipinski definition) is 0. The van der Waals surface area contributed by atoms with Crippen LogP contribution in [0.4, 0.5) is 0 Å². The normalized spacial score (nSPS) is 30.5. The van der Waals surface area contributed by atoms with Gasteiger partial charge in [0.05, 0.1) is 26.1 Å². The average Bonchev–Trinajstić information content (AvgIpc) is 2.57. The van der Waals surface area contributed by atoms with E-state index < -0.39 is 0 Å². The van der Waals surface area contributed by atoms with E-state index in [2.05, 4.69) is 6.58 Å². The summed E-state index contributed by atoms with van der Waals surface area (Å²) >= 11 is 0. The molecular weight excluding hydrogens is 272 g/mol. The molecule has 2 unspecified atom stereocenters. The van der Waals surface area contributed by atoms with E-state index in [1.165, 1.54) is 57.8 Å². The second-order valence-corrected chi connectivity index (χ2v) is 7.20. The molecule has 2 heteroatoms. The molecule has 0 N–H and O–H groups in total. The molecule has 0 aliphatic heterocycles. The van der Waals surface area contributed by atoms with Gasteiger partial charge in [-0.05, 0) is 31.6 Å². The second kappa shape index (κ2) is 9.39. The van der Waals surface area contributed by atoms with E-state index in [1.807, 2.05) is 25.3 Å². The van der Waals surface area contributed by atoms with Crippen molar-refractivity contribution in [2.24, 2.45) is 17.3 Å². The van der Waals surface area contributed by atoms with Crippen LogP contribution in [0.3, 0.4) is 0 Å². The van der Waals surface area contributed by atoms with E-state index in [-0.39, 0.29) is 5.41 Å². The van der Waals surface area contributed by atoms with Crippen molar-refractivity contribution in [3.8, 4) is 0 Å². The zero-order valence-corrected chi connectivity index (χ0v) is 14.4. The smallest absolute Gasteiger partial charge is 0.0954 e. The summed E-state index contributed by atoms with van der Waals surface area (Å²) in [5.41, 5.74) is 0.211. The van der Waals surface area contributed by atoms with E-state index in [0.29, 0.717) is 6.61 Å². The van der Waals surface area contributed by atoms with Crippen LogP contribution < -0.4 is 0 Å². The summed E-state index contributed by atoms with van der Waals surface area (Å²) < 4.78 is 11.8. The van der Waals surface area contributed by atoms with Gasteiger partial charge in [-0.15, -0.1) is 6.58 Å². The maximum absolute atomic E-state index is 5.96. The van der Waals surface area contributed by atoms with Crippen LogP contribution in [-0.2, 0) is 9.47 Å². The van der Waals surface area contributed by atoms with E-state index in [4.69, 9.17) is 9.47 Å². The van der Waals surface area contributed by atoms with Crippen LogP contribution in [0.1, 0.15) is 64.7 Å². The molecule has 2 nitrogen and oxygen atoms in total. The molecule has 0 spiro atoms. The molecule has 0 aromatic heterocycles. The molecule has 22 heavy (non-hydrogen) atoms. The molecule has 0 saturated heterocycles. The van der Waals surface area contributed by atoms with Crippen LogP contribution in [0.25, 0.3) is 0 Å². The van der Waals surface area contributed by atoms with Crippen molar-refractivity contribution in [1.29, 1.82) is 0 Å². The second-order valence-electron chi connectivity index (χ2n) is 7.20. The van der Waals surface area contributed by atoms with Gasteiger partial charge in [-0.2, -0.15) is 0 Å². The molecule has 2 rings (SSSR count). The van der Waals surface area contributed by atoms with Crippen molar-refractivity contribution in [2.45, 2.75) is 64.7 Å². The molecular formula is C20H34O2. The summed E-state index contributed by atoms with van der Waals surface area (Å²) in [6.45, 7) is 8.10. The highest BCUT2D eigenvalue weighted by molar-refractivity contribution is 4.94. The molecule has 2 fully saturated rings. The largest absolute Gasteiger partial charge is 0.501 e. The number of rotatable bonds is 8. The van der Waals surface area contributed by atoms with Gasteiger partial charge in [-0.3, -0.25) is 0 Å². The third kappa shape index (κ3) is 4.62. The standard InChI is InChI=1S/C20H34O2/c1-3-14-21-16-20(17-22-15-4-2)13-9-8-12-19(20)18-10-6-5-7-11-18/h3-4,15,18-19H,1,5-14,16-17H2,2H3. The van der Waals surface area contributed by atoms with Crippen molar-refractivity contribution in [2.75, 3.05) is 19.8 Å². The Morgan fingerprint density at radius 3 is 2.55 bits per heavy atom. The summed E-state index contributed by atoms with van der Waals surface area (Å²) in [6, 6.07) is 0. The molecule has 2 aliphatic carbocycles. The fraction of sp³-hybridized carbons (Fsp3) is 0.800. The Kier molecular flexibility index (Phi) is 7.51. The van der Waals surface area contributed by atoms with Crippen LogP contribution in [0.15, 0.2) is 25.0 Å². The van der Waals surface area contributed by atoms with Gasteiger partial charge in [0.15, 0.2) is 0 Å². The van der Waals surface area contributed by atoms with Gasteiger partial charge in [-0.25, -0.2) is 0 Å². The summed E-state index contributed by atoms with van der Waals surface area (Å²) in [5.74, 6) is 1.66. The summed E-state index contributed by atoms with van der Waals surface area (Å²) in [4.78, 5) is 0. The minimum absolute atomic E-state index is 0.211. The highest BCUT2D eigenvalue weighted by Crippen LogP contribution is 2.49. The van der Waals surface area contributed by atoms with Gasteiger partial charge < -0.3 is 9.47 Å². The Hall–Kier alpha value is -0.760. The van der Waals surface area contributed by atoms with Crippen LogP contribution in [-0.4, -0.2) is 19.8 Å². The van der Waals surface area contributed by atoms with Gasteiger partial charge in [0.1, 0.15) is 0 Å². The molecule has 2 saturated carbocycles. The molecule has 0 aromatic carbocycles. The van der Waals surface area contributed by atoms with Crippen molar-refractivity contribution < 1.29 is 9.47 Å². The summed E-state index contributed by atoms with van der Waals surface area (Å²) in [7, 11) is 0. The van der Waals surface area contributed by atoms with Crippen molar-refractivity contribution in [1.82, 2.24) is 0 Å². The lowest BCUT2D eigenvalue weighted by atomic mass is 9.60. The summed E-state index contributed by atoms with van der Waals surface area (Å²) in [5, 5.41) is 0. The topological polar surface area (TPSA) is 18.5 Å². The van der Waals surface area contributed by atoms with E-state index in [0.717, 1.165) is 25.0 Å². The highest BCUT2D eigenvalue weighted by Gasteiger charge is 2.45. The first-order valence-corrected chi connectivity index (χ1v) is 9.24. The van der Waals surface area contributed by atoms with Crippen molar-refractivity contribution >= 4 is 0 Å². The van der Waals surface area contributed by atoms with E-state index in [1.54, 1.807) is 0 Å². The fourth-order valence-electron chi connectivity index (χ4n) is 4.66. The molecule has 0 radical (unpaired) electrons. The molecule has 2 aliphatic rings. The molecule has 0 bridgehead atoms. The van der Waals surface area contributed by atoms with Crippen LogP contribution in [0.2, 0.25) is 0 Å². The highest BCUT2D eigenvalue weighted by atomic mass is 16.5. The zero-order chi connectivity index (χ0) is 15.7. The predicted octanol–water partition coefficient (Wildman–Crippen LogP) is 5.50. The van der Waals surface area contributed by atoms with Crippen LogP contribution in [0, 0.1) is 17.3 Å². The SMILES string of the molecule is C=CCOCC1(COC=CC)CCCCC1C1CCCCC1. The molecule has 0 amide bonds. The monoisotopic (exact) mass is 306 g/mol. The number of ether oxygens (including phenoxy) is 2. The molecule has 0 aromatic rings.